The largest absolute Gasteiger partial charge is 0.488 e. The van der Waals surface area contributed by atoms with Crippen molar-refractivity contribution in [3.63, 3.8) is 0 Å². The summed E-state index contributed by atoms with van der Waals surface area (Å²) in [6, 6.07) is 22.1. The van der Waals surface area contributed by atoms with Gasteiger partial charge in [-0.3, -0.25) is 0 Å². The van der Waals surface area contributed by atoms with Crippen molar-refractivity contribution in [3.8, 4) is 16.9 Å². The first-order valence-electron chi connectivity index (χ1n) is 9.50. The summed E-state index contributed by atoms with van der Waals surface area (Å²) >= 11 is 0. The molecule has 1 heterocycles. The number of fused-ring (bicyclic) bond motifs is 1. The minimum absolute atomic E-state index is 0.316. The molecule has 0 atom stereocenters. The molecule has 0 radical (unpaired) electrons. The minimum Gasteiger partial charge on any atom is -0.488 e. The van der Waals surface area contributed by atoms with Crippen LogP contribution in [0.2, 0.25) is 0 Å². The fraction of sp³-hybridized carbons (Fsp3) is 0.120. The van der Waals surface area contributed by atoms with Gasteiger partial charge in [0, 0.05) is 17.0 Å². The molecule has 0 aliphatic carbocycles. The van der Waals surface area contributed by atoms with Gasteiger partial charge in [0.1, 0.15) is 17.9 Å². The summed E-state index contributed by atoms with van der Waals surface area (Å²) in [6.07, 6.45) is 0. The predicted molar refractivity (Wildman–Crippen MR) is 115 cm³/mol. The lowest BCUT2D eigenvalue weighted by Gasteiger charge is -2.13. The Morgan fingerprint density at radius 2 is 1.70 bits per heavy atom. The molecular formula is C25H20O5. The lowest BCUT2D eigenvalue weighted by Crippen LogP contribution is -2.03. The second-order valence-electron chi connectivity index (χ2n) is 6.89. The number of aryl methyl sites for hydroxylation is 1. The van der Waals surface area contributed by atoms with Crippen molar-refractivity contribution in [3.05, 3.63) is 99.9 Å². The standard InChI is InChI=1S/C25H20O5/c1-16-22(29-15-17-8-10-19(11-9-17)25(27)28-2)13-12-20-21(14-23(26)30-24(16)20)18-6-4-3-5-7-18/h3-14H,15H2,1-2H3. The van der Waals surface area contributed by atoms with Crippen molar-refractivity contribution in [2.24, 2.45) is 0 Å². The third-order valence-electron chi connectivity index (χ3n) is 4.97. The summed E-state index contributed by atoms with van der Waals surface area (Å²) in [5.74, 6) is 0.255. The van der Waals surface area contributed by atoms with Crippen LogP contribution in [0.15, 0.2) is 82.0 Å². The molecule has 0 bridgehead atoms. The lowest BCUT2D eigenvalue weighted by atomic mass is 10.0. The summed E-state index contributed by atoms with van der Waals surface area (Å²) in [5.41, 5.74) is 4.04. The molecule has 30 heavy (non-hydrogen) atoms. The smallest absolute Gasteiger partial charge is 0.337 e. The fourth-order valence-electron chi connectivity index (χ4n) is 3.37. The van der Waals surface area contributed by atoms with Crippen LogP contribution in [0.25, 0.3) is 22.1 Å². The van der Waals surface area contributed by atoms with Crippen molar-refractivity contribution in [1.29, 1.82) is 0 Å². The second kappa shape index (κ2) is 8.25. The number of benzene rings is 3. The average Bonchev–Trinajstić information content (AvgIpc) is 2.79. The van der Waals surface area contributed by atoms with Gasteiger partial charge in [0.15, 0.2) is 0 Å². The van der Waals surface area contributed by atoms with Crippen LogP contribution in [0, 0.1) is 6.92 Å². The summed E-state index contributed by atoms with van der Waals surface area (Å²) in [6.45, 7) is 2.19. The summed E-state index contributed by atoms with van der Waals surface area (Å²) < 4.78 is 16.2. The molecule has 0 saturated carbocycles. The number of ether oxygens (including phenoxy) is 2. The third-order valence-corrected chi connectivity index (χ3v) is 4.97. The highest BCUT2D eigenvalue weighted by Crippen LogP contribution is 2.33. The average molecular weight is 400 g/mol. The first kappa shape index (κ1) is 19.5. The van der Waals surface area contributed by atoms with E-state index in [1.807, 2.05) is 61.5 Å². The molecule has 0 aliphatic heterocycles. The molecule has 3 aromatic carbocycles. The van der Waals surface area contributed by atoms with Crippen LogP contribution in [-0.4, -0.2) is 13.1 Å². The van der Waals surface area contributed by atoms with Gasteiger partial charge >= 0.3 is 11.6 Å². The van der Waals surface area contributed by atoms with Crippen molar-refractivity contribution in [1.82, 2.24) is 0 Å². The van der Waals surface area contributed by atoms with Gasteiger partial charge in [-0.1, -0.05) is 42.5 Å². The van der Waals surface area contributed by atoms with E-state index >= 15 is 0 Å². The topological polar surface area (TPSA) is 65.7 Å². The van der Waals surface area contributed by atoms with Crippen LogP contribution in [0.3, 0.4) is 0 Å². The van der Waals surface area contributed by atoms with E-state index in [9.17, 15) is 9.59 Å². The van der Waals surface area contributed by atoms with Gasteiger partial charge in [-0.2, -0.15) is 0 Å². The van der Waals surface area contributed by atoms with Crippen molar-refractivity contribution >= 4 is 16.9 Å². The summed E-state index contributed by atoms with van der Waals surface area (Å²) in [4.78, 5) is 23.7. The maximum absolute atomic E-state index is 12.2. The SMILES string of the molecule is COC(=O)c1ccc(COc2ccc3c(-c4ccccc4)cc(=O)oc3c2C)cc1. The Balaban J connectivity index is 1.64. The number of esters is 1. The quantitative estimate of drug-likeness (QED) is 0.343. The van der Waals surface area contributed by atoms with Crippen LogP contribution in [0.5, 0.6) is 5.75 Å². The monoisotopic (exact) mass is 400 g/mol. The minimum atomic E-state index is -0.403. The predicted octanol–water partition coefficient (Wildman–Crippen LogP) is 5.13. The first-order valence-corrected chi connectivity index (χ1v) is 9.50. The van der Waals surface area contributed by atoms with Crippen LogP contribution >= 0.6 is 0 Å². The van der Waals surface area contributed by atoms with Crippen molar-refractivity contribution < 1.29 is 18.7 Å². The molecule has 0 unspecified atom stereocenters. The molecule has 0 saturated heterocycles. The summed E-state index contributed by atoms with van der Waals surface area (Å²) in [7, 11) is 1.35. The lowest BCUT2D eigenvalue weighted by molar-refractivity contribution is 0.0600. The van der Waals surface area contributed by atoms with Gasteiger partial charge in [-0.05, 0) is 47.9 Å². The van der Waals surface area contributed by atoms with Gasteiger partial charge in [0.05, 0.1) is 12.7 Å². The zero-order chi connectivity index (χ0) is 21.1. The Morgan fingerprint density at radius 1 is 0.967 bits per heavy atom. The number of carbonyl (C=O) groups is 1. The van der Waals surface area contributed by atoms with E-state index in [-0.39, 0.29) is 5.97 Å². The Bertz CT molecular complexity index is 1250. The van der Waals surface area contributed by atoms with Crippen LogP contribution < -0.4 is 10.4 Å². The van der Waals surface area contributed by atoms with E-state index in [0.29, 0.717) is 23.5 Å². The molecule has 4 rings (SSSR count). The van der Waals surface area contributed by atoms with Gasteiger partial charge in [-0.15, -0.1) is 0 Å². The first-order chi connectivity index (χ1) is 14.6. The van der Waals surface area contributed by atoms with Crippen molar-refractivity contribution in [2.45, 2.75) is 13.5 Å². The Morgan fingerprint density at radius 3 is 2.40 bits per heavy atom. The van der Waals surface area contributed by atoms with E-state index in [4.69, 9.17) is 13.9 Å². The van der Waals surface area contributed by atoms with Crippen LogP contribution in [0.1, 0.15) is 21.5 Å². The van der Waals surface area contributed by atoms with Gasteiger partial charge in [0.25, 0.3) is 0 Å². The zero-order valence-corrected chi connectivity index (χ0v) is 16.7. The maximum atomic E-state index is 12.2. The Kier molecular flexibility index (Phi) is 5.35. The number of hydrogen-bond acceptors (Lipinski definition) is 5. The van der Waals surface area contributed by atoms with Gasteiger partial charge in [-0.25, -0.2) is 9.59 Å². The van der Waals surface area contributed by atoms with E-state index in [2.05, 4.69) is 0 Å². The Hall–Kier alpha value is -3.86. The Labute approximate surface area is 173 Å². The second-order valence-corrected chi connectivity index (χ2v) is 6.89. The molecule has 0 aliphatic rings. The molecule has 0 N–H and O–H groups in total. The molecule has 0 spiro atoms. The van der Waals surface area contributed by atoms with E-state index < -0.39 is 5.63 Å². The highest BCUT2D eigenvalue weighted by Gasteiger charge is 2.13. The third kappa shape index (κ3) is 3.82. The molecule has 4 aromatic rings. The molecule has 5 heteroatoms. The molecular weight excluding hydrogens is 380 g/mol. The van der Waals surface area contributed by atoms with Crippen LogP contribution in [0.4, 0.5) is 0 Å². The van der Waals surface area contributed by atoms with E-state index in [1.165, 1.54) is 13.2 Å². The number of methoxy groups -OCH3 is 1. The number of carbonyl (C=O) groups excluding carboxylic acids is 1. The molecule has 150 valence electrons. The van der Waals surface area contributed by atoms with Gasteiger partial charge in [0.2, 0.25) is 0 Å². The summed E-state index contributed by atoms with van der Waals surface area (Å²) in [5, 5.41) is 0.855. The molecule has 1 aromatic heterocycles. The fourth-order valence-corrected chi connectivity index (χ4v) is 3.37. The molecule has 0 fully saturated rings. The van der Waals surface area contributed by atoms with Crippen LogP contribution in [-0.2, 0) is 11.3 Å². The highest BCUT2D eigenvalue weighted by molar-refractivity contribution is 5.95. The van der Waals surface area contributed by atoms with Gasteiger partial charge < -0.3 is 13.9 Å². The van der Waals surface area contributed by atoms with E-state index in [1.54, 1.807) is 12.1 Å². The number of hydrogen-bond donors (Lipinski definition) is 0. The zero-order valence-electron chi connectivity index (χ0n) is 16.7. The maximum Gasteiger partial charge on any atom is 0.337 e. The van der Waals surface area contributed by atoms with E-state index in [0.717, 1.165) is 27.6 Å². The van der Waals surface area contributed by atoms with Crippen molar-refractivity contribution in [2.75, 3.05) is 7.11 Å². The highest BCUT2D eigenvalue weighted by atomic mass is 16.5. The molecule has 0 amide bonds. The normalized spacial score (nSPS) is 10.7. The number of rotatable bonds is 5. The molecule has 5 nitrogen and oxygen atoms in total.